The Morgan fingerprint density at radius 3 is 2.65 bits per heavy atom. The molecule has 0 aliphatic carbocycles. The third-order valence-electron chi connectivity index (χ3n) is 3.73. The van der Waals surface area contributed by atoms with E-state index in [4.69, 9.17) is 10.00 Å². The molecule has 0 saturated carbocycles. The second-order valence-electron chi connectivity index (χ2n) is 6.95. The molecular formula is C17H24N4O2. The number of hydrogen-bond donors (Lipinski definition) is 0. The molecule has 0 N–H and O–H groups in total. The largest absolute Gasteiger partial charge is 0.444 e. The normalized spacial score (nSPS) is 18.5. The fourth-order valence-corrected chi connectivity index (χ4v) is 2.70. The van der Waals surface area contributed by atoms with Gasteiger partial charge in [0.2, 0.25) is 0 Å². The molecular weight excluding hydrogens is 292 g/mol. The highest BCUT2D eigenvalue weighted by Gasteiger charge is 2.31. The molecule has 1 aliphatic heterocycles. The number of hydrogen-bond acceptors (Lipinski definition) is 5. The Morgan fingerprint density at radius 2 is 2.13 bits per heavy atom. The van der Waals surface area contributed by atoms with Crippen LogP contribution >= 0.6 is 0 Å². The first-order chi connectivity index (χ1) is 10.7. The molecule has 2 heterocycles. The minimum atomic E-state index is -0.487. The Kier molecular flexibility index (Phi) is 4.79. The van der Waals surface area contributed by atoms with Gasteiger partial charge in [0.1, 0.15) is 17.5 Å². The molecule has 0 unspecified atom stereocenters. The topological polar surface area (TPSA) is 69.5 Å². The third-order valence-corrected chi connectivity index (χ3v) is 3.73. The molecule has 1 saturated heterocycles. The lowest BCUT2D eigenvalue weighted by atomic mass is 10.1. The van der Waals surface area contributed by atoms with Crippen molar-refractivity contribution in [3.8, 4) is 6.07 Å². The summed E-state index contributed by atoms with van der Waals surface area (Å²) in [5.41, 5.74) is 1.05. The molecule has 0 spiro atoms. The van der Waals surface area contributed by atoms with E-state index in [-0.39, 0.29) is 12.1 Å². The summed E-state index contributed by atoms with van der Waals surface area (Å²) < 4.78 is 5.46. The smallest absolute Gasteiger partial charge is 0.410 e. The number of nitriles is 1. The van der Waals surface area contributed by atoms with Crippen molar-refractivity contribution in [1.29, 1.82) is 5.26 Å². The number of aromatic nitrogens is 1. The predicted octanol–water partition coefficient (Wildman–Crippen LogP) is 2.71. The van der Waals surface area contributed by atoms with Crippen LogP contribution in [0.4, 0.5) is 10.6 Å². The summed E-state index contributed by atoms with van der Waals surface area (Å²) in [7, 11) is 0. The highest BCUT2D eigenvalue weighted by Crippen LogP contribution is 2.22. The fraction of sp³-hybridized carbons (Fsp3) is 0.588. The van der Waals surface area contributed by atoms with Crippen LogP contribution in [0.15, 0.2) is 12.3 Å². The highest BCUT2D eigenvalue weighted by atomic mass is 16.6. The molecule has 1 atom stereocenters. The number of anilines is 1. The Labute approximate surface area is 137 Å². The van der Waals surface area contributed by atoms with E-state index < -0.39 is 5.60 Å². The molecule has 0 radical (unpaired) electrons. The average molecular weight is 316 g/mol. The number of ether oxygens (including phenoxy) is 1. The molecule has 6 heteroatoms. The van der Waals surface area contributed by atoms with Gasteiger partial charge in [-0.25, -0.2) is 9.78 Å². The zero-order valence-corrected chi connectivity index (χ0v) is 14.5. The molecule has 0 bridgehead atoms. The predicted molar refractivity (Wildman–Crippen MR) is 88.3 cm³/mol. The molecule has 1 fully saturated rings. The lowest BCUT2D eigenvalue weighted by Crippen LogP contribution is -2.55. The van der Waals surface area contributed by atoms with Crippen LogP contribution in [0.3, 0.4) is 0 Å². The number of aryl methyl sites for hydroxylation is 1. The lowest BCUT2D eigenvalue weighted by molar-refractivity contribution is 0.0158. The first-order valence-electron chi connectivity index (χ1n) is 7.82. The van der Waals surface area contributed by atoms with Gasteiger partial charge in [-0.05, 0) is 46.2 Å². The Hall–Kier alpha value is -2.29. The second-order valence-corrected chi connectivity index (χ2v) is 6.95. The fourth-order valence-electron chi connectivity index (χ4n) is 2.70. The number of carbonyl (C=O) groups excluding carboxylic acids is 1. The summed E-state index contributed by atoms with van der Waals surface area (Å²) in [6.07, 6.45) is 1.32. The number of piperazine rings is 1. The van der Waals surface area contributed by atoms with Gasteiger partial charge < -0.3 is 14.5 Å². The van der Waals surface area contributed by atoms with E-state index >= 15 is 0 Å². The van der Waals surface area contributed by atoms with E-state index in [9.17, 15) is 4.79 Å². The van der Waals surface area contributed by atoms with Gasteiger partial charge in [-0.15, -0.1) is 0 Å². The number of pyridine rings is 1. The zero-order valence-electron chi connectivity index (χ0n) is 14.5. The van der Waals surface area contributed by atoms with Gasteiger partial charge in [0, 0.05) is 31.9 Å². The van der Waals surface area contributed by atoms with Crippen LogP contribution in [0.5, 0.6) is 0 Å². The van der Waals surface area contributed by atoms with Gasteiger partial charge >= 0.3 is 6.09 Å². The van der Waals surface area contributed by atoms with Crippen LogP contribution < -0.4 is 4.90 Å². The molecule has 124 valence electrons. The summed E-state index contributed by atoms with van der Waals surface area (Å²) >= 11 is 0. The van der Waals surface area contributed by atoms with Gasteiger partial charge in [-0.2, -0.15) is 5.26 Å². The van der Waals surface area contributed by atoms with Crippen molar-refractivity contribution in [3.63, 3.8) is 0 Å². The summed E-state index contributed by atoms with van der Waals surface area (Å²) in [6, 6.07) is 3.98. The van der Waals surface area contributed by atoms with Crippen molar-refractivity contribution in [3.05, 3.63) is 23.4 Å². The van der Waals surface area contributed by atoms with Crippen LogP contribution in [0.25, 0.3) is 0 Å². The molecule has 1 aliphatic rings. The maximum Gasteiger partial charge on any atom is 0.410 e. The molecule has 1 aromatic heterocycles. The standard InChI is InChI=1S/C17H24N4O2/c1-12-8-14(9-18)10-19-15(12)20-6-7-21(13(2)11-20)16(22)23-17(3,4)5/h8,10,13H,6-7,11H2,1-5H3/t13-/m1/s1. The Balaban J connectivity index is 2.07. The average Bonchev–Trinajstić information content (AvgIpc) is 2.44. The van der Waals surface area contributed by atoms with Gasteiger partial charge in [0.05, 0.1) is 5.56 Å². The number of rotatable bonds is 1. The second kappa shape index (κ2) is 6.45. The van der Waals surface area contributed by atoms with Crippen molar-refractivity contribution in [2.24, 2.45) is 0 Å². The molecule has 1 amide bonds. The maximum atomic E-state index is 12.3. The van der Waals surface area contributed by atoms with Crippen LogP contribution in [-0.2, 0) is 4.74 Å². The quantitative estimate of drug-likeness (QED) is 0.797. The van der Waals surface area contributed by atoms with Gasteiger partial charge in [-0.1, -0.05) is 0 Å². The molecule has 23 heavy (non-hydrogen) atoms. The summed E-state index contributed by atoms with van der Waals surface area (Å²) in [6.45, 7) is 11.6. The van der Waals surface area contributed by atoms with Gasteiger partial charge in [-0.3, -0.25) is 0 Å². The van der Waals surface area contributed by atoms with Crippen LogP contribution in [0.2, 0.25) is 0 Å². The summed E-state index contributed by atoms with van der Waals surface area (Å²) in [4.78, 5) is 20.6. The maximum absolute atomic E-state index is 12.3. The van der Waals surface area contributed by atoms with E-state index in [1.165, 1.54) is 0 Å². The van der Waals surface area contributed by atoms with Crippen LogP contribution in [0, 0.1) is 18.3 Å². The molecule has 2 rings (SSSR count). The number of nitrogens with zero attached hydrogens (tertiary/aromatic N) is 4. The molecule has 6 nitrogen and oxygen atoms in total. The molecule has 1 aromatic rings. The van der Waals surface area contributed by atoms with E-state index in [0.29, 0.717) is 25.2 Å². The van der Waals surface area contributed by atoms with Gasteiger partial charge in [0.15, 0.2) is 0 Å². The minimum absolute atomic E-state index is 0.0374. The van der Waals surface area contributed by atoms with E-state index in [1.807, 2.05) is 40.7 Å². The van der Waals surface area contributed by atoms with Crippen molar-refractivity contribution >= 4 is 11.9 Å². The lowest BCUT2D eigenvalue weighted by Gasteiger charge is -2.41. The zero-order chi connectivity index (χ0) is 17.2. The van der Waals surface area contributed by atoms with Crippen LogP contribution in [-0.4, -0.2) is 47.3 Å². The highest BCUT2D eigenvalue weighted by molar-refractivity contribution is 5.69. The van der Waals surface area contributed by atoms with Crippen molar-refractivity contribution in [2.45, 2.75) is 46.3 Å². The van der Waals surface area contributed by atoms with E-state index in [2.05, 4.69) is 16.0 Å². The van der Waals surface area contributed by atoms with Crippen molar-refractivity contribution < 1.29 is 9.53 Å². The van der Waals surface area contributed by atoms with E-state index in [1.54, 1.807) is 11.1 Å². The van der Waals surface area contributed by atoms with Crippen molar-refractivity contribution in [2.75, 3.05) is 24.5 Å². The summed E-state index contributed by atoms with van der Waals surface area (Å²) in [5.74, 6) is 0.875. The van der Waals surface area contributed by atoms with E-state index in [0.717, 1.165) is 11.4 Å². The summed E-state index contributed by atoms with van der Waals surface area (Å²) in [5, 5.41) is 8.93. The number of carbonyl (C=O) groups is 1. The van der Waals surface area contributed by atoms with Crippen molar-refractivity contribution in [1.82, 2.24) is 9.88 Å². The number of amides is 1. The first kappa shape index (κ1) is 17.1. The Morgan fingerprint density at radius 1 is 1.43 bits per heavy atom. The first-order valence-corrected chi connectivity index (χ1v) is 7.82. The SMILES string of the molecule is Cc1cc(C#N)cnc1N1CCN(C(=O)OC(C)(C)C)[C@H](C)C1. The third kappa shape index (κ3) is 4.13. The van der Waals surface area contributed by atoms with Crippen LogP contribution in [0.1, 0.15) is 38.8 Å². The van der Waals surface area contributed by atoms with Gasteiger partial charge in [0.25, 0.3) is 0 Å². The Bertz CT molecular complexity index is 630. The molecule has 0 aromatic carbocycles. The minimum Gasteiger partial charge on any atom is -0.444 e. The monoisotopic (exact) mass is 316 g/mol.